The Hall–Kier alpha value is -2.09. The van der Waals surface area contributed by atoms with Crippen LogP contribution in [0.25, 0.3) is 0 Å². The molecule has 1 aromatic rings. The molecule has 4 unspecified atom stereocenters. The van der Waals surface area contributed by atoms with Gasteiger partial charge in [-0.3, -0.25) is 4.79 Å². The van der Waals surface area contributed by atoms with Crippen LogP contribution in [0.15, 0.2) is 30.3 Å². The van der Waals surface area contributed by atoms with Crippen LogP contribution in [0.4, 0.5) is 13.2 Å². The smallest absolute Gasteiger partial charge is 0.422 e. The fraction of sp³-hybridized carbons (Fsp3) is 0.579. The average molecular weight is 387 g/mol. The van der Waals surface area contributed by atoms with E-state index in [2.05, 4.69) is 4.74 Å². The molecular weight excluding hydrogens is 363 g/mol. The zero-order chi connectivity index (χ0) is 20.2. The number of carbonyl (C=O) groups excluding carboxylic acids is 2. The molecule has 0 N–H and O–H groups in total. The first-order valence-electron chi connectivity index (χ1n) is 8.75. The Balaban J connectivity index is 2.34. The maximum atomic E-state index is 12.7. The van der Waals surface area contributed by atoms with E-state index in [9.17, 15) is 22.8 Å². The van der Waals surface area contributed by atoms with Gasteiger partial charge >= 0.3 is 18.1 Å². The van der Waals surface area contributed by atoms with Gasteiger partial charge in [0, 0.05) is 19.1 Å². The third kappa shape index (κ3) is 5.22. The van der Waals surface area contributed by atoms with Crippen molar-refractivity contribution in [1.29, 1.82) is 0 Å². The minimum Gasteiger partial charge on any atom is -0.449 e. The Morgan fingerprint density at radius 3 is 2.37 bits per heavy atom. The monoisotopic (exact) mass is 387 g/mol. The van der Waals surface area contributed by atoms with Gasteiger partial charge in [-0.25, -0.2) is 4.79 Å². The molecule has 1 heterocycles. The molecular formula is C19H24F3NO4. The highest BCUT2D eigenvalue weighted by molar-refractivity contribution is 6.32. The molecule has 1 amide bonds. The van der Waals surface area contributed by atoms with Crippen molar-refractivity contribution in [2.45, 2.75) is 38.5 Å². The second-order valence-electron chi connectivity index (χ2n) is 6.93. The van der Waals surface area contributed by atoms with Crippen LogP contribution in [0.1, 0.15) is 31.9 Å². The third-order valence-electron chi connectivity index (χ3n) is 4.98. The van der Waals surface area contributed by atoms with E-state index in [0.29, 0.717) is 6.61 Å². The minimum atomic E-state index is -4.69. The number of nitrogens with zero attached hydrogens (tertiary/aromatic N) is 1. The van der Waals surface area contributed by atoms with Gasteiger partial charge in [-0.2, -0.15) is 13.2 Å². The summed E-state index contributed by atoms with van der Waals surface area (Å²) >= 11 is 0. The first-order valence-corrected chi connectivity index (χ1v) is 8.75. The summed E-state index contributed by atoms with van der Waals surface area (Å²) in [6, 6.07) is 8.29. The molecule has 2 rings (SSSR count). The van der Waals surface area contributed by atoms with Crippen LogP contribution in [-0.2, 0) is 19.1 Å². The number of carbonyl (C=O) groups is 2. The van der Waals surface area contributed by atoms with Gasteiger partial charge in [0.15, 0.2) is 6.61 Å². The van der Waals surface area contributed by atoms with E-state index in [1.54, 1.807) is 14.0 Å². The largest absolute Gasteiger partial charge is 0.449 e. The van der Waals surface area contributed by atoms with Crippen LogP contribution in [0, 0.1) is 11.8 Å². The predicted octanol–water partition coefficient (Wildman–Crippen LogP) is 3.35. The van der Waals surface area contributed by atoms with Crippen molar-refractivity contribution in [1.82, 2.24) is 4.90 Å². The van der Waals surface area contributed by atoms with E-state index in [0.717, 1.165) is 12.0 Å². The quantitative estimate of drug-likeness (QED) is 0.587. The molecule has 150 valence electrons. The lowest BCUT2D eigenvalue weighted by molar-refractivity contribution is -0.191. The standard InChI is InChI=1S/C19H24F3NO4/c1-12-9-15(10-26-3)16(14-7-5-4-6-8-14)23(13(12)2)17(24)18(25)27-11-19(20,21)22/h4-8,12-13,15-16H,9-11H2,1-3H3. The first-order chi connectivity index (χ1) is 12.7. The number of rotatable bonds is 4. The summed E-state index contributed by atoms with van der Waals surface area (Å²) < 4.78 is 46.5. The number of esters is 1. The van der Waals surface area contributed by atoms with Gasteiger partial charge in [-0.1, -0.05) is 37.3 Å². The summed E-state index contributed by atoms with van der Waals surface area (Å²) in [6.07, 6.45) is -3.93. The van der Waals surface area contributed by atoms with Crippen molar-refractivity contribution < 1.29 is 32.2 Å². The Kier molecular flexibility index (Phi) is 6.86. The Labute approximate surface area is 156 Å². The fourth-order valence-corrected chi connectivity index (χ4v) is 3.64. The molecule has 1 aliphatic rings. The van der Waals surface area contributed by atoms with Crippen molar-refractivity contribution in [3.05, 3.63) is 35.9 Å². The molecule has 1 aliphatic heterocycles. The highest BCUT2D eigenvalue weighted by Crippen LogP contribution is 2.41. The molecule has 8 heteroatoms. The van der Waals surface area contributed by atoms with Crippen molar-refractivity contribution in [3.8, 4) is 0 Å². The van der Waals surface area contributed by atoms with Gasteiger partial charge in [-0.15, -0.1) is 0 Å². The Morgan fingerprint density at radius 1 is 1.19 bits per heavy atom. The van der Waals surface area contributed by atoms with Crippen LogP contribution in [0.2, 0.25) is 0 Å². The lowest BCUT2D eigenvalue weighted by atomic mass is 9.77. The number of halogens is 3. The summed E-state index contributed by atoms with van der Waals surface area (Å²) in [5.74, 6) is -2.61. The second kappa shape index (κ2) is 8.73. The van der Waals surface area contributed by atoms with Gasteiger partial charge < -0.3 is 14.4 Å². The summed E-state index contributed by atoms with van der Waals surface area (Å²) in [7, 11) is 1.55. The number of methoxy groups -OCH3 is 1. The molecule has 0 spiro atoms. The molecule has 0 aliphatic carbocycles. The van der Waals surface area contributed by atoms with Crippen LogP contribution >= 0.6 is 0 Å². The van der Waals surface area contributed by atoms with E-state index in [4.69, 9.17) is 4.74 Å². The second-order valence-corrected chi connectivity index (χ2v) is 6.93. The summed E-state index contributed by atoms with van der Waals surface area (Å²) in [5, 5.41) is 0. The number of hydrogen-bond donors (Lipinski definition) is 0. The van der Waals surface area contributed by atoms with Crippen molar-refractivity contribution in [2.24, 2.45) is 11.8 Å². The van der Waals surface area contributed by atoms with Crippen LogP contribution in [0.3, 0.4) is 0 Å². The average Bonchev–Trinajstić information content (AvgIpc) is 2.62. The SMILES string of the molecule is COCC1CC(C)C(C)N(C(=O)C(=O)OCC(F)(F)F)C1c1ccccc1. The fourth-order valence-electron chi connectivity index (χ4n) is 3.64. The summed E-state index contributed by atoms with van der Waals surface area (Å²) in [5.41, 5.74) is 0.801. The molecule has 4 atom stereocenters. The molecule has 27 heavy (non-hydrogen) atoms. The van der Waals surface area contributed by atoms with Gasteiger partial charge in [0.25, 0.3) is 0 Å². The number of benzene rings is 1. The normalized spacial score (nSPS) is 25.9. The van der Waals surface area contributed by atoms with Crippen molar-refractivity contribution in [2.75, 3.05) is 20.3 Å². The summed E-state index contributed by atoms with van der Waals surface area (Å²) in [6.45, 7) is 2.30. The maximum Gasteiger partial charge on any atom is 0.422 e. The topological polar surface area (TPSA) is 55.8 Å². The summed E-state index contributed by atoms with van der Waals surface area (Å²) in [4.78, 5) is 26.1. The first kappa shape index (κ1) is 21.2. The molecule has 1 aromatic carbocycles. The van der Waals surface area contributed by atoms with E-state index in [-0.39, 0.29) is 17.9 Å². The molecule has 0 bridgehead atoms. The van der Waals surface area contributed by atoms with Crippen LogP contribution in [-0.4, -0.2) is 49.3 Å². The molecule has 0 radical (unpaired) electrons. The minimum absolute atomic E-state index is 0.0458. The van der Waals surface area contributed by atoms with Crippen LogP contribution < -0.4 is 0 Å². The van der Waals surface area contributed by atoms with E-state index >= 15 is 0 Å². The number of likely N-dealkylation sites (tertiary alicyclic amines) is 1. The number of piperidine rings is 1. The number of ether oxygens (including phenoxy) is 2. The zero-order valence-electron chi connectivity index (χ0n) is 15.5. The highest BCUT2D eigenvalue weighted by atomic mass is 19.4. The maximum absolute atomic E-state index is 12.7. The van der Waals surface area contributed by atoms with Gasteiger partial charge in [0.1, 0.15) is 0 Å². The lowest BCUT2D eigenvalue weighted by Gasteiger charge is -2.48. The van der Waals surface area contributed by atoms with E-state index in [1.165, 1.54) is 4.90 Å². The molecule has 1 saturated heterocycles. The molecule has 0 saturated carbocycles. The van der Waals surface area contributed by atoms with Crippen molar-refractivity contribution >= 4 is 11.9 Å². The lowest BCUT2D eigenvalue weighted by Crippen LogP contribution is -2.54. The van der Waals surface area contributed by atoms with Crippen molar-refractivity contribution in [3.63, 3.8) is 0 Å². The molecule has 0 aromatic heterocycles. The zero-order valence-corrected chi connectivity index (χ0v) is 15.5. The Morgan fingerprint density at radius 2 is 1.81 bits per heavy atom. The molecule has 5 nitrogen and oxygen atoms in total. The third-order valence-corrected chi connectivity index (χ3v) is 4.98. The van der Waals surface area contributed by atoms with Gasteiger partial charge in [0.2, 0.25) is 0 Å². The van der Waals surface area contributed by atoms with E-state index < -0.39 is 30.7 Å². The number of hydrogen-bond acceptors (Lipinski definition) is 4. The van der Waals surface area contributed by atoms with Gasteiger partial charge in [-0.05, 0) is 24.8 Å². The number of alkyl halides is 3. The van der Waals surface area contributed by atoms with E-state index in [1.807, 2.05) is 37.3 Å². The highest BCUT2D eigenvalue weighted by Gasteiger charge is 2.45. The van der Waals surface area contributed by atoms with Gasteiger partial charge in [0.05, 0.1) is 12.6 Å². The predicted molar refractivity (Wildman–Crippen MR) is 91.7 cm³/mol. The van der Waals surface area contributed by atoms with Crippen LogP contribution in [0.5, 0.6) is 0 Å². The molecule has 1 fully saturated rings. The number of amides is 1. The Bertz CT molecular complexity index is 650.